The Balaban J connectivity index is 1.65. The largest absolute Gasteiger partial charge is 0.344 e. The monoisotopic (exact) mass is 448 g/mol. The summed E-state index contributed by atoms with van der Waals surface area (Å²) in [6.07, 6.45) is 0.346. The van der Waals surface area contributed by atoms with Gasteiger partial charge in [0.2, 0.25) is 0 Å². The number of hydrogen-bond donors (Lipinski definition) is 3. The van der Waals surface area contributed by atoms with E-state index in [1.54, 1.807) is 49.4 Å². The number of nitrogens with one attached hydrogen (secondary N) is 3. The summed E-state index contributed by atoms with van der Waals surface area (Å²) in [5, 5.41) is 7.47. The van der Waals surface area contributed by atoms with Crippen LogP contribution in [0.2, 0.25) is 10.0 Å². The van der Waals surface area contributed by atoms with Crippen molar-refractivity contribution in [1.29, 1.82) is 0 Å². The normalized spacial score (nSPS) is 19.5. The molecule has 4 amide bonds. The molecule has 2 atom stereocenters. The van der Waals surface area contributed by atoms with E-state index in [0.717, 1.165) is 10.6 Å². The number of benzene rings is 2. The van der Waals surface area contributed by atoms with Gasteiger partial charge in [-0.05, 0) is 36.6 Å². The van der Waals surface area contributed by atoms with Crippen molar-refractivity contribution >= 4 is 41.0 Å². The average molecular weight is 449 g/mol. The Morgan fingerprint density at radius 1 is 1.17 bits per heavy atom. The lowest BCUT2D eigenvalue weighted by Crippen LogP contribution is -2.50. The SMILES string of the molecule is CC[C@@]1(c2ccccc2)NC(=O)N(NC(=O)CN[C@H](C)c2ccc(Cl)cc2Cl)C1=O. The summed E-state index contributed by atoms with van der Waals surface area (Å²) in [7, 11) is 0. The van der Waals surface area contributed by atoms with E-state index in [1.165, 1.54) is 0 Å². The molecule has 0 radical (unpaired) electrons. The van der Waals surface area contributed by atoms with E-state index >= 15 is 0 Å². The van der Waals surface area contributed by atoms with Crippen LogP contribution in [0.3, 0.4) is 0 Å². The molecule has 1 heterocycles. The predicted octanol–water partition coefficient (Wildman–Crippen LogP) is 3.53. The molecule has 3 rings (SSSR count). The van der Waals surface area contributed by atoms with Gasteiger partial charge < -0.3 is 10.6 Å². The molecular formula is C21H22Cl2N4O3. The van der Waals surface area contributed by atoms with Crippen LogP contribution in [0.15, 0.2) is 48.5 Å². The number of nitrogens with zero attached hydrogens (tertiary/aromatic N) is 1. The fourth-order valence-corrected chi connectivity index (χ4v) is 3.98. The van der Waals surface area contributed by atoms with Crippen molar-refractivity contribution in [1.82, 2.24) is 21.1 Å². The van der Waals surface area contributed by atoms with E-state index in [4.69, 9.17) is 23.2 Å². The van der Waals surface area contributed by atoms with E-state index in [0.29, 0.717) is 22.0 Å². The number of carbonyl (C=O) groups is 3. The highest BCUT2D eigenvalue weighted by molar-refractivity contribution is 6.35. The van der Waals surface area contributed by atoms with Gasteiger partial charge in [-0.15, -0.1) is 0 Å². The lowest BCUT2D eigenvalue weighted by atomic mass is 9.87. The molecule has 2 aromatic carbocycles. The van der Waals surface area contributed by atoms with Crippen LogP contribution in [0, 0.1) is 0 Å². The Bertz CT molecular complexity index is 970. The van der Waals surface area contributed by atoms with E-state index < -0.39 is 23.4 Å². The molecule has 0 bridgehead atoms. The molecule has 0 aliphatic carbocycles. The first-order valence-corrected chi connectivity index (χ1v) is 10.2. The summed E-state index contributed by atoms with van der Waals surface area (Å²) in [5.41, 5.74) is 2.61. The molecule has 3 N–H and O–H groups in total. The molecule has 158 valence electrons. The number of imide groups is 1. The van der Waals surface area contributed by atoms with Crippen molar-refractivity contribution in [3.63, 3.8) is 0 Å². The van der Waals surface area contributed by atoms with Gasteiger partial charge in [0, 0.05) is 16.1 Å². The molecule has 0 unspecified atom stereocenters. The standard InChI is InChI=1S/C21H22Cl2N4O3/c1-3-21(14-7-5-4-6-8-14)19(29)27(20(30)25-21)26-18(28)12-24-13(2)16-10-9-15(22)11-17(16)23/h4-11,13,24H,3,12H2,1-2H3,(H,25,30)(H,26,28)/t13-,21+/m1/s1. The number of hydrazine groups is 1. The van der Waals surface area contributed by atoms with E-state index in [2.05, 4.69) is 16.1 Å². The van der Waals surface area contributed by atoms with Gasteiger partial charge in [-0.25, -0.2) is 4.79 Å². The molecule has 30 heavy (non-hydrogen) atoms. The summed E-state index contributed by atoms with van der Waals surface area (Å²) >= 11 is 12.1. The van der Waals surface area contributed by atoms with Gasteiger partial charge >= 0.3 is 6.03 Å². The first kappa shape index (κ1) is 22.1. The predicted molar refractivity (Wildman–Crippen MR) is 115 cm³/mol. The van der Waals surface area contributed by atoms with Gasteiger partial charge in [-0.3, -0.25) is 15.0 Å². The zero-order valence-corrected chi connectivity index (χ0v) is 18.1. The van der Waals surface area contributed by atoms with Gasteiger partial charge in [-0.1, -0.05) is 66.5 Å². The highest BCUT2D eigenvalue weighted by Crippen LogP contribution is 2.31. The Kier molecular flexibility index (Phi) is 6.65. The van der Waals surface area contributed by atoms with Crippen molar-refractivity contribution < 1.29 is 14.4 Å². The van der Waals surface area contributed by atoms with Gasteiger partial charge in [-0.2, -0.15) is 5.01 Å². The summed E-state index contributed by atoms with van der Waals surface area (Å²) in [5.74, 6) is -1.06. The second-order valence-corrected chi connectivity index (χ2v) is 7.84. The Labute approximate surface area is 184 Å². The van der Waals surface area contributed by atoms with Crippen LogP contribution in [-0.4, -0.2) is 29.4 Å². The molecule has 7 nitrogen and oxygen atoms in total. The van der Waals surface area contributed by atoms with Crippen molar-refractivity contribution in [3.8, 4) is 0 Å². The third-order valence-electron chi connectivity index (χ3n) is 5.12. The smallest absolute Gasteiger partial charge is 0.318 e. The van der Waals surface area contributed by atoms with Crippen LogP contribution in [0.1, 0.15) is 37.4 Å². The lowest BCUT2D eigenvalue weighted by molar-refractivity contribution is -0.139. The molecule has 1 saturated heterocycles. The summed E-state index contributed by atoms with van der Waals surface area (Å²) in [6.45, 7) is 3.52. The third-order valence-corrected chi connectivity index (χ3v) is 5.69. The fraction of sp³-hybridized carbons (Fsp3) is 0.286. The Morgan fingerprint density at radius 3 is 2.50 bits per heavy atom. The van der Waals surface area contributed by atoms with E-state index in [9.17, 15) is 14.4 Å². The fourth-order valence-electron chi connectivity index (χ4n) is 3.41. The van der Waals surface area contributed by atoms with Gasteiger partial charge in [0.15, 0.2) is 0 Å². The molecule has 0 spiro atoms. The Hall–Kier alpha value is -2.61. The number of carbonyl (C=O) groups excluding carboxylic acids is 3. The lowest BCUT2D eigenvalue weighted by Gasteiger charge is -2.25. The van der Waals surface area contributed by atoms with Crippen molar-refractivity contribution in [3.05, 3.63) is 69.7 Å². The summed E-state index contributed by atoms with van der Waals surface area (Å²) in [4.78, 5) is 37.9. The third kappa shape index (κ3) is 4.28. The summed E-state index contributed by atoms with van der Waals surface area (Å²) < 4.78 is 0. The Morgan fingerprint density at radius 2 is 1.87 bits per heavy atom. The summed E-state index contributed by atoms with van der Waals surface area (Å²) in [6, 6.07) is 13.1. The molecular weight excluding hydrogens is 427 g/mol. The molecule has 0 aromatic heterocycles. The maximum atomic E-state index is 13.0. The van der Waals surface area contributed by atoms with Crippen LogP contribution in [-0.2, 0) is 15.1 Å². The van der Waals surface area contributed by atoms with E-state index in [-0.39, 0.29) is 12.6 Å². The van der Waals surface area contributed by atoms with Crippen LogP contribution in [0.4, 0.5) is 4.79 Å². The first-order valence-electron chi connectivity index (χ1n) is 9.48. The van der Waals surface area contributed by atoms with Gasteiger partial charge in [0.1, 0.15) is 5.54 Å². The second-order valence-electron chi connectivity index (χ2n) is 7.00. The van der Waals surface area contributed by atoms with Crippen LogP contribution in [0.25, 0.3) is 0 Å². The van der Waals surface area contributed by atoms with Crippen LogP contribution < -0.4 is 16.1 Å². The topological polar surface area (TPSA) is 90.5 Å². The number of rotatable bonds is 7. The minimum atomic E-state index is -1.21. The van der Waals surface area contributed by atoms with Crippen molar-refractivity contribution in [2.45, 2.75) is 31.8 Å². The number of halogens is 2. The van der Waals surface area contributed by atoms with Crippen LogP contribution >= 0.6 is 23.2 Å². The molecule has 1 aliphatic rings. The maximum absolute atomic E-state index is 13.0. The maximum Gasteiger partial charge on any atom is 0.344 e. The first-order chi connectivity index (χ1) is 14.3. The quantitative estimate of drug-likeness (QED) is 0.565. The minimum absolute atomic E-state index is 0.123. The molecule has 0 saturated carbocycles. The zero-order chi connectivity index (χ0) is 21.9. The van der Waals surface area contributed by atoms with Gasteiger partial charge in [0.05, 0.1) is 6.54 Å². The van der Waals surface area contributed by atoms with Crippen LogP contribution in [0.5, 0.6) is 0 Å². The minimum Gasteiger partial charge on any atom is -0.318 e. The number of hydrogen-bond acceptors (Lipinski definition) is 4. The molecule has 9 heteroatoms. The van der Waals surface area contributed by atoms with Crippen molar-refractivity contribution in [2.24, 2.45) is 0 Å². The molecule has 1 fully saturated rings. The average Bonchev–Trinajstić information content (AvgIpc) is 2.97. The number of urea groups is 1. The van der Waals surface area contributed by atoms with E-state index in [1.807, 2.05) is 13.0 Å². The number of amides is 4. The van der Waals surface area contributed by atoms with Gasteiger partial charge in [0.25, 0.3) is 11.8 Å². The van der Waals surface area contributed by atoms with Crippen molar-refractivity contribution in [2.75, 3.05) is 6.54 Å². The highest BCUT2D eigenvalue weighted by Gasteiger charge is 2.52. The molecule has 1 aliphatic heterocycles. The second kappa shape index (κ2) is 9.04. The zero-order valence-electron chi connectivity index (χ0n) is 16.5. The molecule has 2 aromatic rings. The highest BCUT2D eigenvalue weighted by atomic mass is 35.5.